The molecule has 0 atom stereocenters. The highest BCUT2D eigenvalue weighted by Crippen LogP contribution is 2.46. The van der Waals surface area contributed by atoms with Crippen LogP contribution < -0.4 is 5.73 Å². The molecule has 0 bridgehead atoms. The van der Waals surface area contributed by atoms with E-state index in [-0.39, 0.29) is 5.54 Å². The van der Waals surface area contributed by atoms with Crippen molar-refractivity contribution < 1.29 is 5.11 Å². The van der Waals surface area contributed by atoms with Gasteiger partial charge in [0.15, 0.2) is 0 Å². The van der Waals surface area contributed by atoms with Crippen LogP contribution in [0.15, 0.2) is 18.2 Å². The Morgan fingerprint density at radius 1 is 1.42 bits per heavy atom. The third-order valence-corrected chi connectivity index (χ3v) is 2.48. The largest absolute Gasteiger partial charge is 0.508 e. The zero-order valence-corrected chi connectivity index (χ0v) is 7.17. The first-order chi connectivity index (χ1) is 5.62. The van der Waals surface area contributed by atoms with Crippen LogP contribution in [-0.4, -0.2) is 5.11 Å². The molecule has 1 aliphatic rings. The number of phenols is 1. The number of hydrogen-bond donors (Lipinski definition) is 2. The third-order valence-electron chi connectivity index (χ3n) is 2.48. The van der Waals surface area contributed by atoms with Crippen LogP contribution in [0.1, 0.15) is 24.0 Å². The molecule has 0 saturated heterocycles. The Kier molecular flexibility index (Phi) is 1.42. The number of aryl methyl sites for hydroxylation is 1. The van der Waals surface area contributed by atoms with Crippen LogP contribution in [0.2, 0.25) is 0 Å². The first-order valence-corrected chi connectivity index (χ1v) is 4.21. The van der Waals surface area contributed by atoms with Crippen molar-refractivity contribution >= 4 is 0 Å². The number of nitrogens with two attached hydrogens (primary N) is 1. The minimum Gasteiger partial charge on any atom is -0.508 e. The van der Waals surface area contributed by atoms with Gasteiger partial charge < -0.3 is 10.8 Å². The minimum absolute atomic E-state index is 0.226. The van der Waals surface area contributed by atoms with E-state index in [0.29, 0.717) is 5.75 Å². The van der Waals surface area contributed by atoms with Gasteiger partial charge in [-0.3, -0.25) is 0 Å². The summed E-state index contributed by atoms with van der Waals surface area (Å²) in [7, 11) is 0. The summed E-state index contributed by atoms with van der Waals surface area (Å²) in [5.74, 6) is 0.334. The van der Waals surface area contributed by atoms with Crippen LogP contribution in [0.4, 0.5) is 0 Å². The van der Waals surface area contributed by atoms with Crippen LogP contribution >= 0.6 is 0 Å². The number of benzene rings is 1. The molecule has 3 N–H and O–H groups in total. The SMILES string of the molecule is Cc1ccc(O)c(C2(N)CC2)c1. The molecule has 0 radical (unpaired) electrons. The predicted molar refractivity (Wildman–Crippen MR) is 47.9 cm³/mol. The van der Waals surface area contributed by atoms with E-state index in [2.05, 4.69) is 0 Å². The fourth-order valence-corrected chi connectivity index (χ4v) is 1.45. The van der Waals surface area contributed by atoms with E-state index >= 15 is 0 Å². The van der Waals surface area contributed by atoms with Gasteiger partial charge in [0, 0.05) is 11.1 Å². The van der Waals surface area contributed by atoms with E-state index in [0.717, 1.165) is 24.0 Å². The highest BCUT2D eigenvalue weighted by Gasteiger charge is 2.41. The van der Waals surface area contributed by atoms with Crippen molar-refractivity contribution in [2.24, 2.45) is 5.73 Å². The van der Waals surface area contributed by atoms with Gasteiger partial charge in [-0.1, -0.05) is 17.7 Å². The van der Waals surface area contributed by atoms with Gasteiger partial charge in [0.2, 0.25) is 0 Å². The molecule has 0 aliphatic heterocycles. The molecule has 0 heterocycles. The van der Waals surface area contributed by atoms with E-state index in [9.17, 15) is 5.11 Å². The Balaban J connectivity index is 2.48. The molecule has 1 aromatic rings. The molecular weight excluding hydrogens is 150 g/mol. The predicted octanol–water partition coefficient (Wildman–Crippen LogP) is 1.65. The molecule has 0 spiro atoms. The third kappa shape index (κ3) is 1.08. The van der Waals surface area contributed by atoms with Crippen molar-refractivity contribution in [3.8, 4) is 5.75 Å². The van der Waals surface area contributed by atoms with Gasteiger partial charge in [0.25, 0.3) is 0 Å². The number of hydrogen-bond acceptors (Lipinski definition) is 2. The van der Waals surface area contributed by atoms with Gasteiger partial charge in [-0.25, -0.2) is 0 Å². The van der Waals surface area contributed by atoms with E-state index in [1.165, 1.54) is 0 Å². The van der Waals surface area contributed by atoms with Crippen molar-refractivity contribution in [3.63, 3.8) is 0 Å². The van der Waals surface area contributed by atoms with Gasteiger partial charge in [0.1, 0.15) is 5.75 Å². The maximum absolute atomic E-state index is 9.53. The van der Waals surface area contributed by atoms with Gasteiger partial charge in [0.05, 0.1) is 0 Å². The monoisotopic (exact) mass is 163 g/mol. The van der Waals surface area contributed by atoms with Crippen LogP contribution in [0.5, 0.6) is 5.75 Å². The molecule has 1 aliphatic carbocycles. The van der Waals surface area contributed by atoms with E-state index in [1.807, 2.05) is 19.1 Å². The van der Waals surface area contributed by atoms with E-state index < -0.39 is 0 Å². The van der Waals surface area contributed by atoms with E-state index in [4.69, 9.17) is 5.73 Å². The molecule has 1 fully saturated rings. The Morgan fingerprint density at radius 2 is 2.08 bits per heavy atom. The smallest absolute Gasteiger partial charge is 0.120 e. The van der Waals surface area contributed by atoms with Crippen molar-refractivity contribution in [1.82, 2.24) is 0 Å². The second-order valence-electron chi connectivity index (χ2n) is 3.68. The summed E-state index contributed by atoms with van der Waals surface area (Å²) in [4.78, 5) is 0. The molecule has 64 valence electrons. The first-order valence-electron chi connectivity index (χ1n) is 4.21. The molecule has 1 aromatic carbocycles. The molecule has 1 saturated carbocycles. The lowest BCUT2D eigenvalue weighted by Crippen LogP contribution is -2.18. The average molecular weight is 163 g/mol. The normalized spacial score (nSPS) is 19.2. The lowest BCUT2D eigenvalue weighted by Gasteiger charge is -2.11. The minimum atomic E-state index is -0.226. The van der Waals surface area contributed by atoms with Crippen LogP contribution in [0.3, 0.4) is 0 Å². The molecule has 12 heavy (non-hydrogen) atoms. The zero-order chi connectivity index (χ0) is 8.77. The topological polar surface area (TPSA) is 46.2 Å². The summed E-state index contributed by atoms with van der Waals surface area (Å²) < 4.78 is 0. The highest BCUT2D eigenvalue weighted by molar-refractivity contribution is 5.43. The van der Waals surface area contributed by atoms with Crippen molar-refractivity contribution in [2.45, 2.75) is 25.3 Å². The summed E-state index contributed by atoms with van der Waals surface area (Å²) in [6, 6.07) is 5.59. The fourth-order valence-electron chi connectivity index (χ4n) is 1.45. The van der Waals surface area contributed by atoms with Gasteiger partial charge in [-0.05, 0) is 25.8 Å². The fraction of sp³-hybridized carbons (Fsp3) is 0.400. The van der Waals surface area contributed by atoms with Crippen LogP contribution in [-0.2, 0) is 5.54 Å². The van der Waals surface area contributed by atoms with E-state index in [1.54, 1.807) is 6.07 Å². The molecule has 2 nitrogen and oxygen atoms in total. The second kappa shape index (κ2) is 2.23. The zero-order valence-electron chi connectivity index (χ0n) is 7.17. The summed E-state index contributed by atoms with van der Waals surface area (Å²) in [5.41, 5.74) is 7.81. The van der Waals surface area contributed by atoms with Gasteiger partial charge in [-0.2, -0.15) is 0 Å². The van der Waals surface area contributed by atoms with Crippen molar-refractivity contribution in [1.29, 1.82) is 0 Å². The van der Waals surface area contributed by atoms with Crippen LogP contribution in [0.25, 0.3) is 0 Å². The van der Waals surface area contributed by atoms with Crippen LogP contribution in [0, 0.1) is 6.92 Å². The molecule has 2 heteroatoms. The molecule has 0 aromatic heterocycles. The molecule has 0 amide bonds. The molecule has 0 unspecified atom stereocenters. The second-order valence-corrected chi connectivity index (χ2v) is 3.68. The van der Waals surface area contributed by atoms with Gasteiger partial charge in [-0.15, -0.1) is 0 Å². The maximum atomic E-state index is 9.53. The lowest BCUT2D eigenvalue weighted by molar-refractivity contribution is 0.459. The Hall–Kier alpha value is -1.02. The Morgan fingerprint density at radius 3 is 2.67 bits per heavy atom. The maximum Gasteiger partial charge on any atom is 0.120 e. The summed E-state index contributed by atoms with van der Waals surface area (Å²) in [5, 5.41) is 9.53. The Bertz CT molecular complexity index is 316. The first kappa shape index (κ1) is 7.62. The molecule has 2 rings (SSSR count). The summed E-state index contributed by atoms with van der Waals surface area (Å²) in [6.45, 7) is 2.01. The molecular formula is C10H13NO. The average Bonchev–Trinajstić information content (AvgIpc) is 2.75. The Labute approximate surface area is 72.0 Å². The standard InChI is InChI=1S/C10H13NO/c1-7-2-3-9(12)8(6-7)10(11)4-5-10/h2-3,6,12H,4-5,11H2,1H3. The number of phenolic OH excluding ortho intramolecular Hbond substituents is 1. The van der Waals surface area contributed by atoms with Crippen molar-refractivity contribution in [3.05, 3.63) is 29.3 Å². The number of aromatic hydroxyl groups is 1. The van der Waals surface area contributed by atoms with Crippen molar-refractivity contribution in [2.75, 3.05) is 0 Å². The lowest BCUT2D eigenvalue weighted by atomic mass is 10.0. The quantitative estimate of drug-likeness (QED) is 0.661. The van der Waals surface area contributed by atoms with Gasteiger partial charge >= 0.3 is 0 Å². The summed E-state index contributed by atoms with van der Waals surface area (Å²) >= 11 is 0. The highest BCUT2D eigenvalue weighted by atomic mass is 16.3. The summed E-state index contributed by atoms with van der Waals surface area (Å²) in [6.07, 6.45) is 1.98. The number of rotatable bonds is 1.